The van der Waals surface area contributed by atoms with Crippen molar-refractivity contribution >= 4 is 26.0 Å². The van der Waals surface area contributed by atoms with Crippen LogP contribution in [0.3, 0.4) is 0 Å². The standard InChI is InChI=1S/C8H10BrNO3S/c9-7-14(11,12)10-13-6-8-4-2-1-3-5-8/h1-5,10H,6-7H2. The van der Waals surface area contributed by atoms with Gasteiger partial charge in [0.05, 0.1) is 6.61 Å². The second kappa shape index (κ2) is 5.45. The van der Waals surface area contributed by atoms with Gasteiger partial charge in [-0.1, -0.05) is 51.1 Å². The summed E-state index contributed by atoms with van der Waals surface area (Å²) < 4.78 is 21.6. The Hall–Kier alpha value is -0.430. The minimum atomic E-state index is -3.35. The third-order valence-corrected chi connectivity index (χ3v) is 3.88. The van der Waals surface area contributed by atoms with Crippen molar-refractivity contribution in [3.05, 3.63) is 35.9 Å². The molecular weight excluding hydrogens is 270 g/mol. The van der Waals surface area contributed by atoms with E-state index in [1.165, 1.54) is 0 Å². The molecule has 78 valence electrons. The molecular formula is C8H10BrNO3S. The molecule has 0 fully saturated rings. The number of benzene rings is 1. The topological polar surface area (TPSA) is 55.4 Å². The molecule has 1 aromatic carbocycles. The summed E-state index contributed by atoms with van der Waals surface area (Å²) in [6.45, 7) is 0.215. The SMILES string of the molecule is O=S(=O)(CBr)NOCc1ccccc1. The molecule has 0 saturated carbocycles. The van der Waals surface area contributed by atoms with Crippen molar-refractivity contribution < 1.29 is 13.3 Å². The fraction of sp³-hybridized carbons (Fsp3) is 0.250. The molecule has 0 aliphatic rings. The van der Waals surface area contributed by atoms with E-state index in [-0.39, 0.29) is 11.3 Å². The third kappa shape index (κ3) is 4.19. The highest BCUT2D eigenvalue weighted by molar-refractivity contribution is 9.10. The lowest BCUT2D eigenvalue weighted by atomic mass is 10.2. The minimum Gasteiger partial charge on any atom is -0.282 e. The molecule has 1 aromatic rings. The van der Waals surface area contributed by atoms with E-state index >= 15 is 0 Å². The van der Waals surface area contributed by atoms with Crippen molar-refractivity contribution in [2.75, 3.05) is 4.66 Å². The number of halogens is 1. The summed E-state index contributed by atoms with van der Waals surface area (Å²) in [6, 6.07) is 9.30. The van der Waals surface area contributed by atoms with Crippen LogP contribution in [0, 0.1) is 0 Å². The maximum Gasteiger partial charge on any atom is 0.243 e. The van der Waals surface area contributed by atoms with Crippen LogP contribution in [0.5, 0.6) is 0 Å². The van der Waals surface area contributed by atoms with Crippen LogP contribution in [-0.2, 0) is 21.5 Å². The molecule has 1 rings (SSSR count). The van der Waals surface area contributed by atoms with Crippen LogP contribution >= 0.6 is 15.9 Å². The Balaban J connectivity index is 2.37. The second-order valence-corrected chi connectivity index (χ2v) is 5.57. The van der Waals surface area contributed by atoms with Crippen molar-refractivity contribution in [3.8, 4) is 0 Å². The zero-order valence-corrected chi connectivity index (χ0v) is 9.71. The van der Waals surface area contributed by atoms with Gasteiger partial charge in [0, 0.05) is 0 Å². The van der Waals surface area contributed by atoms with E-state index in [4.69, 9.17) is 4.84 Å². The summed E-state index contributed by atoms with van der Waals surface area (Å²) in [5, 5.41) is 0. The molecule has 0 radical (unpaired) electrons. The van der Waals surface area contributed by atoms with Gasteiger partial charge in [0.25, 0.3) is 0 Å². The first-order valence-electron chi connectivity index (χ1n) is 3.85. The molecule has 0 heterocycles. The van der Waals surface area contributed by atoms with Gasteiger partial charge < -0.3 is 0 Å². The molecule has 0 bridgehead atoms. The zero-order chi connectivity index (χ0) is 10.4. The molecule has 0 aliphatic carbocycles. The third-order valence-electron chi connectivity index (χ3n) is 1.41. The Morgan fingerprint density at radius 1 is 1.29 bits per heavy atom. The summed E-state index contributed by atoms with van der Waals surface area (Å²) >= 11 is 2.83. The molecule has 6 heteroatoms. The van der Waals surface area contributed by atoms with E-state index in [1.807, 2.05) is 35.2 Å². The number of sulfonamides is 1. The van der Waals surface area contributed by atoms with Crippen LogP contribution in [0.15, 0.2) is 30.3 Å². The summed E-state index contributed by atoms with van der Waals surface area (Å²) in [6.07, 6.45) is 0. The van der Waals surface area contributed by atoms with E-state index in [9.17, 15) is 8.42 Å². The fourth-order valence-corrected chi connectivity index (χ4v) is 1.36. The predicted octanol–water partition coefficient (Wildman–Crippen LogP) is 1.39. The van der Waals surface area contributed by atoms with E-state index in [0.717, 1.165) is 5.56 Å². The molecule has 4 nitrogen and oxygen atoms in total. The lowest BCUT2D eigenvalue weighted by molar-refractivity contribution is 0.0799. The predicted molar refractivity (Wildman–Crippen MR) is 57.1 cm³/mol. The molecule has 0 aromatic heterocycles. The van der Waals surface area contributed by atoms with Gasteiger partial charge in [0.15, 0.2) is 0 Å². The number of alkyl halides is 1. The van der Waals surface area contributed by atoms with Crippen LogP contribution in [0.25, 0.3) is 0 Å². The molecule has 0 unspecified atom stereocenters. The minimum absolute atomic E-state index is 0.172. The Morgan fingerprint density at radius 3 is 2.50 bits per heavy atom. The fourth-order valence-electron chi connectivity index (χ4n) is 0.799. The summed E-state index contributed by atoms with van der Waals surface area (Å²) in [4.78, 5) is 6.79. The molecule has 14 heavy (non-hydrogen) atoms. The summed E-state index contributed by atoms with van der Waals surface area (Å²) in [7, 11) is -3.35. The maximum atomic E-state index is 10.9. The van der Waals surface area contributed by atoms with E-state index in [2.05, 4.69) is 15.9 Å². The average Bonchev–Trinajstić information content (AvgIpc) is 2.19. The van der Waals surface area contributed by atoms with Gasteiger partial charge >= 0.3 is 0 Å². The second-order valence-electron chi connectivity index (χ2n) is 2.58. The molecule has 0 amide bonds. The first-order chi connectivity index (χ1) is 6.64. The Bertz CT molecular complexity index is 365. The number of hydrogen-bond acceptors (Lipinski definition) is 3. The van der Waals surface area contributed by atoms with Crippen LogP contribution in [-0.4, -0.2) is 13.1 Å². The molecule has 0 spiro atoms. The van der Waals surface area contributed by atoms with Crippen molar-refractivity contribution in [3.63, 3.8) is 0 Å². The van der Waals surface area contributed by atoms with Crippen molar-refractivity contribution in [1.82, 2.24) is 4.89 Å². The Kier molecular flexibility index (Phi) is 4.53. The molecule has 1 N–H and O–H groups in total. The van der Waals surface area contributed by atoms with Gasteiger partial charge in [0.2, 0.25) is 10.0 Å². The average molecular weight is 280 g/mol. The molecule has 0 atom stereocenters. The molecule has 0 aliphatic heterocycles. The Morgan fingerprint density at radius 2 is 1.93 bits per heavy atom. The largest absolute Gasteiger partial charge is 0.282 e. The van der Waals surface area contributed by atoms with E-state index in [1.54, 1.807) is 0 Å². The first kappa shape index (κ1) is 11.6. The van der Waals surface area contributed by atoms with Gasteiger partial charge in [-0.2, -0.15) is 0 Å². The van der Waals surface area contributed by atoms with Crippen molar-refractivity contribution in [1.29, 1.82) is 0 Å². The van der Waals surface area contributed by atoms with Crippen LogP contribution in [0.4, 0.5) is 0 Å². The monoisotopic (exact) mass is 279 g/mol. The van der Waals surface area contributed by atoms with Gasteiger partial charge in [-0.3, -0.25) is 4.84 Å². The summed E-state index contributed by atoms with van der Waals surface area (Å²) in [5.41, 5.74) is 0.907. The highest BCUT2D eigenvalue weighted by Gasteiger charge is 2.06. The summed E-state index contributed by atoms with van der Waals surface area (Å²) in [5.74, 6) is 0. The van der Waals surface area contributed by atoms with Gasteiger partial charge in [-0.15, -0.1) is 0 Å². The van der Waals surface area contributed by atoms with E-state index in [0.29, 0.717) is 0 Å². The van der Waals surface area contributed by atoms with Gasteiger partial charge in [-0.05, 0) is 5.56 Å². The van der Waals surface area contributed by atoms with Crippen LogP contribution < -0.4 is 4.89 Å². The van der Waals surface area contributed by atoms with Crippen LogP contribution in [0.2, 0.25) is 0 Å². The quantitative estimate of drug-likeness (QED) is 0.655. The number of hydrogen-bond donors (Lipinski definition) is 1. The lowest BCUT2D eigenvalue weighted by Gasteiger charge is -2.04. The van der Waals surface area contributed by atoms with Crippen LogP contribution in [0.1, 0.15) is 5.56 Å². The maximum absolute atomic E-state index is 10.9. The van der Waals surface area contributed by atoms with Crippen molar-refractivity contribution in [2.45, 2.75) is 6.61 Å². The normalized spacial score (nSPS) is 11.5. The van der Waals surface area contributed by atoms with Gasteiger partial charge in [0.1, 0.15) is 4.66 Å². The highest BCUT2D eigenvalue weighted by atomic mass is 79.9. The highest BCUT2D eigenvalue weighted by Crippen LogP contribution is 2.00. The van der Waals surface area contributed by atoms with Crippen molar-refractivity contribution in [2.24, 2.45) is 0 Å². The number of rotatable bonds is 5. The zero-order valence-electron chi connectivity index (χ0n) is 7.31. The molecule has 0 saturated heterocycles. The van der Waals surface area contributed by atoms with E-state index < -0.39 is 10.0 Å². The lowest BCUT2D eigenvalue weighted by Crippen LogP contribution is -2.24. The number of nitrogens with one attached hydrogen (secondary N) is 1. The Labute approximate surface area is 91.4 Å². The first-order valence-corrected chi connectivity index (χ1v) is 6.62. The van der Waals surface area contributed by atoms with Gasteiger partial charge in [-0.25, -0.2) is 8.42 Å². The smallest absolute Gasteiger partial charge is 0.243 e.